The molecule has 1 aromatic heterocycles. The summed E-state index contributed by atoms with van der Waals surface area (Å²) in [6.45, 7) is 5.91. The number of halogens is 2. The number of nitriles is 1. The predicted molar refractivity (Wildman–Crippen MR) is 121 cm³/mol. The Morgan fingerprint density at radius 2 is 1.86 bits per heavy atom. The summed E-state index contributed by atoms with van der Waals surface area (Å²) >= 11 is 9.64. The Hall–Kier alpha value is -2.81. The Bertz CT molecular complexity index is 1150. The van der Waals surface area contributed by atoms with Crippen LogP contribution in [0.4, 0.5) is 5.69 Å². The van der Waals surface area contributed by atoms with Crippen molar-refractivity contribution >= 4 is 45.2 Å². The van der Waals surface area contributed by atoms with Crippen LogP contribution in [0.15, 0.2) is 58.6 Å². The number of aromatic nitrogens is 1. The number of carbonyl (C=O) groups excluding carboxylic acids is 1. The second kappa shape index (κ2) is 8.69. The van der Waals surface area contributed by atoms with Crippen molar-refractivity contribution in [1.82, 2.24) is 4.57 Å². The maximum absolute atomic E-state index is 12.6. The molecule has 0 atom stereocenters. The Morgan fingerprint density at radius 3 is 2.52 bits per heavy atom. The smallest absolute Gasteiger partial charge is 0.266 e. The first-order valence-corrected chi connectivity index (χ1v) is 10.1. The highest BCUT2D eigenvalue weighted by molar-refractivity contribution is 9.10. The van der Waals surface area contributed by atoms with Crippen LogP contribution in [0.1, 0.15) is 22.5 Å². The van der Waals surface area contributed by atoms with Gasteiger partial charge in [-0.15, -0.1) is 0 Å². The van der Waals surface area contributed by atoms with E-state index in [1.54, 1.807) is 18.2 Å². The summed E-state index contributed by atoms with van der Waals surface area (Å²) in [5, 5.41) is 13.0. The molecule has 0 radical (unpaired) electrons. The number of rotatable bonds is 4. The first-order valence-electron chi connectivity index (χ1n) is 8.95. The molecule has 0 bridgehead atoms. The minimum absolute atomic E-state index is 0.0379. The molecule has 0 unspecified atom stereocenters. The van der Waals surface area contributed by atoms with Gasteiger partial charge in [0.25, 0.3) is 5.91 Å². The van der Waals surface area contributed by atoms with Crippen LogP contribution >= 0.6 is 27.5 Å². The lowest BCUT2D eigenvalue weighted by molar-refractivity contribution is -0.112. The Balaban J connectivity index is 1.96. The number of benzene rings is 2. The van der Waals surface area contributed by atoms with E-state index in [2.05, 4.69) is 25.8 Å². The van der Waals surface area contributed by atoms with E-state index in [1.165, 1.54) is 0 Å². The molecule has 0 spiro atoms. The Kier molecular flexibility index (Phi) is 6.26. The highest BCUT2D eigenvalue weighted by Crippen LogP contribution is 2.28. The van der Waals surface area contributed by atoms with E-state index in [0.717, 1.165) is 32.7 Å². The third-order valence-electron chi connectivity index (χ3n) is 4.72. The molecule has 29 heavy (non-hydrogen) atoms. The molecule has 6 heteroatoms. The normalized spacial score (nSPS) is 11.2. The van der Waals surface area contributed by atoms with Crippen LogP contribution < -0.4 is 5.32 Å². The van der Waals surface area contributed by atoms with Crippen LogP contribution in [0.3, 0.4) is 0 Å². The van der Waals surface area contributed by atoms with Crippen LogP contribution in [0.25, 0.3) is 11.8 Å². The first kappa shape index (κ1) is 20.9. The van der Waals surface area contributed by atoms with Gasteiger partial charge in [0, 0.05) is 32.3 Å². The van der Waals surface area contributed by atoms with E-state index in [4.69, 9.17) is 11.6 Å². The highest BCUT2D eigenvalue weighted by atomic mass is 79.9. The molecule has 3 aromatic rings. The van der Waals surface area contributed by atoms with Gasteiger partial charge in [-0.2, -0.15) is 5.26 Å². The highest BCUT2D eigenvalue weighted by Gasteiger charge is 2.15. The van der Waals surface area contributed by atoms with Crippen molar-refractivity contribution in [3.8, 4) is 11.8 Å². The van der Waals surface area contributed by atoms with Crippen LogP contribution in [0, 0.1) is 32.1 Å². The summed E-state index contributed by atoms with van der Waals surface area (Å²) in [5.74, 6) is -0.446. The van der Waals surface area contributed by atoms with Gasteiger partial charge < -0.3 is 9.88 Å². The lowest BCUT2D eigenvalue weighted by atomic mass is 10.1. The molecule has 0 saturated carbocycles. The third kappa shape index (κ3) is 4.45. The molecular weight excluding hydrogens is 450 g/mol. The molecule has 0 aliphatic heterocycles. The molecule has 1 N–H and O–H groups in total. The van der Waals surface area contributed by atoms with E-state index < -0.39 is 5.91 Å². The summed E-state index contributed by atoms with van der Waals surface area (Å²) in [7, 11) is 0. The maximum Gasteiger partial charge on any atom is 0.266 e. The standard InChI is InChI=1S/C23H19BrClN3O/c1-14-11-17(16(3)28(14)22-6-4-5-21(25)15(22)2)12-18(13-26)23(29)27-20-9-7-19(24)8-10-20/h4-12H,1-3H3,(H,27,29)/b18-12-. The van der Waals surface area contributed by atoms with Crippen molar-refractivity contribution in [1.29, 1.82) is 5.26 Å². The molecule has 1 amide bonds. The van der Waals surface area contributed by atoms with Crippen LogP contribution in [0.5, 0.6) is 0 Å². The van der Waals surface area contributed by atoms with Gasteiger partial charge in [-0.25, -0.2) is 0 Å². The van der Waals surface area contributed by atoms with Crippen molar-refractivity contribution in [3.05, 3.63) is 86.1 Å². The minimum Gasteiger partial charge on any atom is -0.321 e. The molecule has 1 heterocycles. The van der Waals surface area contributed by atoms with Crippen LogP contribution in [-0.4, -0.2) is 10.5 Å². The number of nitrogens with zero attached hydrogens (tertiary/aromatic N) is 2. The monoisotopic (exact) mass is 467 g/mol. The zero-order valence-electron chi connectivity index (χ0n) is 16.3. The molecule has 146 valence electrons. The maximum atomic E-state index is 12.6. The van der Waals surface area contributed by atoms with Crippen LogP contribution in [0.2, 0.25) is 5.02 Å². The second-order valence-corrected chi connectivity index (χ2v) is 8.00. The summed E-state index contributed by atoms with van der Waals surface area (Å²) < 4.78 is 2.99. The fraction of sp³-hybridized carbons (Fsp3) is 0.130. The topological polar surface area (TPSA) is 57.8 Å². The molecule has 0 aliphatic rings. The number of carbonyl (C=O) groups is 1. The summed E-state index contributed by atoms with van der Waals surface area (Å²) in [5.41, 5.74) is 5.34. The summed E-state index contributed by atoms with van der Waals surface area (Å²) in [4.78, 5) is 12.6. The van der Waals surface area contributed by atoms with Gasteiger partial charge >= 0.3 is 0 Å². The zero-order chi connectivity index (χ0) is 21.1. The van der Waals surface area contributed by atoms with E-state index in [1.807, 2.05) is 63.2 Å². The average molecular weight is 469 g/mol. The SMILES string of the molecule is Cc1c(Cl)cccc1-n1c(C)cc(/C=C(/C#N)C(=O)Nc2ccc(Br)cc2)c1C. The summed E-state index contributed by atoms with van der Waals surface area (Å²) in [6, 6.07) is 16.9. The zero-order valence-corrected chi connectivity index (χ0v) is 18.6. The van der Waals surface area contributed by atoms with Gasteiger partial charge in [0.05, 0.1) is 0 Å². The van der Waals surface area contributed by atoms with Gasteiger partial charge in [-0.1, -0.05) is 33.6 Å². The Morgan fingerprint density at radius 1 is 1.17 bits per heavy atom. The number of aryl methyl sites for hydroxylation is 1. The Labute approximate surface area is 183 Å². The van der Waals surface area contributed by atoms with Gasteiger partial charge in [0.2, 0.25) is 0 Å². The largest absolute Gasteiger partial charge is 0.321 e. The van der Waals surface area contributed by atoms with Crippen molar-refractivity contribution in [2.75, 3.05) is 5.32 Å². The molecule has 4 nitrogen and oxygen atoms in total. The molecule has 0 saturated heterocycles. The number of anilines is 1. The lowest BCUT2D eigenvalue weighted by Crippen LogP contribution is -2.13. The average Bonchev–Trinajstić information content (AvgIpc) is 2.97. The first-order chi connectivity index (χ1) is 13.8. The van der Waals surface area contributed by atoms with Gasteiger partial charge in [0.15, 0.2) is 0 Å². The minimum atomic E-state index is -0.446. The molecule has 0 fully saturated rings. The van der Waals surface area contributed by atoms with Crippen molar-refractivity contribution < 1.29 is 4.79 Å². The molecular formula is C23H19BrClN3O. The molecule has 0 aliphatic carbocycles. The number of hydrogen-bond donors (Lipinski definition) is 1. The lowest BCUT2D eigenvalue weighted by Gasteiger charge is -2.13. The number of amides is 1. The van der Waals surface area contributed by atoms with Gasteiger partial charge in [-0.3, -0.25) is 4.79 Å². The van der Waals surface area contributed by atoms with Crippen molar-refractivity contribution in [2.24, 2.45) is 0 Å². The van der Waals surface area contributed by atoms with Crippen molar-refractivity contribution in [3.63, 3.8) is 0 Å². The van der Waals surface area contributed by atoms with Crippen LogP contribution in [-0.2, 0) is 4.79 Å². The van der Waals surface area contributed by atoms with Gasteiger partial charge in [-0.05, 0) is 80.4 Å². The second-order valence-electron chi connectivity index (χ2n) is 6.68. The van der Waals surface area contributed by atoms with E-state index in [-0.39, 0.29) is 5.57 Å². The molecule has 2 aromatic carbocycles. The number of nitrogens with one attached hydrogen (secondary N) is 1. The van der Waals surface area contributed by atoms with E-state index in [9.17, 15) is 10.1 Å². The summed E-state index contributed by atoms with van der Waals surface area (Å²) in [6.07, 6.45) is 1.62. The van der Waals surface area contributed by atoms with Gasteiger partial charge in [0.1, 0.15) is 11.6 Å². The fourth-order valence-electron chi connectivity index (χ4n) is 3.18. The number of hydrogen-bond acceptors (Lipinski definition) is 2. The quantitative estimate of drug-likeness (QED) is 0.357. The molecule has 3 rings (SSSR count). The van der Waals surface area contributed by atoms with Crippen molar-refractivity contribution in [2.45, 2.75) is 20.8 Å². The predicted octanol–water partition coefficient (Wildman–Crippen LogP) is 6.36. The van der Waals surface area contributed by atoms with E-state index >= 15 is 0 Å². The van der Waals surface area contributed by atoms with E-state index in [0.29, 0.717) is 10.7 Å². The third-order valence-corrected chi connectivity index (χ3v) is 5.66. The fourth-order valence-corrected chi connectivity index (χ4v) is 3.61.